The summed E-state index contributed by atoms with van der Waals surface area (Å²) in [5.74, 6) is 0. The number of aromatic nitrogens is 4. The summed E-state index contributed by atoms with van der Waals surface area (Å²) in [6.07, 6.45) is 3.54. The third-order valence-corrected chi connectivity index (χ3v) is 3.58. The maximum Gasteiger partial charge on any atom is 0.134 e. The average molecular weight is 318 g/mol. The molecule has 0 fully saturated rings. The minimum absolute atomic E-state index is 0.624. The van der Waals surface area contributed by atoms with Gasteiger partial charge >= 0.3 is 0 Å². The Morgan fingerprint density at radius 2 is 2.00 bits per heavy atom. The van der Waals surface area contributed by atoms with E-state index in [9.17, 15) is 0 Å². The van der Waals surface area contributed by atoms with E-state index in [4.69, 9.17) is 5.73 Å². The maximum atomic E-state index is 6.05. The largest absolute Gasteiger partial charge is 0.396 e. The topological polar surface area (TPSA) is 61.7 Å². The number of rotatable bonds is 2. The highest BCUT2D eigenvalue weighted by Gasteiger charge is 2.13. The van der Waals surface area contributed by atoms with Gasteiger partial charge in [0.15, 0.2) is 0 Å². The van der Waals surface area contributed by atoms with E-state index >= 15 is 0 Å². The highest BCUT2D eigenvalue weighted by molar-refractivity contribution is 9.10. The lowest BCUT2D eigenvalue weighted by Crippen LogP contribution is -1.98. The minimum atomic E-state index is 0.624. The molecular weight excluding hydrogens is 306 g/mol. The first-order valence-corrected chi connectivity index (χ1v) is 6.54. The smallest absolute Gasteiger partial charge is 0.134 e. The molecule has 3 rings (SSSR count). The highest BCUT2D eigenvalue weighted by Crippen LogP contribution is 2.27. The van der Waals surface area contributed by atoms with Crippen molar-refractivity contribution in [3.63, 3.8) is 0 Å². The molecule has 0 saturated heterocycles. The second kappa shape index (κ2) is 4.55. The number of hydrogen-bond donors (Lipinski definition) is 1. The van der Waals surface area contributed by atoms with Crippen molar-refractivity contribution in [3.05, 3.63) is 47.2 Å². The molecule has 0 bridgehead atoms. The zero-order valence-corrected chi connectivity index (χ0v) is 11.9. The lowest BCUT2D eigenvalue weighted by molar-refractivity contribution is 0.769. The first-order valence-electron chi connectivity index (χ1n) is 5.75. The summed E-state index contributed by atoms with van der Waals surface area (Å²) in [6.45, 7) is 0. The van der Waals surface area contributed by atoms with Crippen molar-refractivity contribution in [2.75, 3.05) is 5.73 Å². The number of para-hydroxylation sites is 1. The number of hydrogen-bond acceptors (Lipinski definition) is 3. The molecular formula is C13H12BrN5. The van der Waals surface area contributed by atoms with Gasteiger partial charge in [-0.25, -0.2) is 4.68 Å². The van der Waals surface area contributed by atoms with E-state index in [2.05, 4.69) is 26.1 Å². The lowest BCUT2D eigenvalue weighted by Gasteiger charge is -2.03. The lowest BCUT2D eigenvalue weighted by atomic mass is 10.3. The predicted molar refractivity (Wildman–Crippen MR) is 77.9 cm³/mol. The second-order valence-electron chi connectivity index (χ2n) is 4.17. The van der Waals surface area contributed by atoms with Crippen molar-refractivity contribution >= 4 is 21.6 Å². The van der Waals surface area contributed by atoms with Crippen LogP contribution in [-0.2, 0) is 7.05 Å². The zero-order chi connectivity index (χ0) is 13.4. The third kappa shape index (κ3) is 2.04. The second-order valence-corrected chi connectivity index (χ2v) is 5.02. The van der Waals surface area contributed by atoms with Crippen molar-refractivity contribution in [1.29, 1.82) is 0 Å². The zero-order valence-electron chi connectivity index (χ0n) is 10.3. The van der Waals surface area contributed by atoms with Crippen LogP contribution in [-0.4, -0.2) is 19.6 Å². The number of halogens is 1. The summed E-state index contributed by atoms with van der Waals surface area (Å²) in [4.78, 5) is 0. The molecule has 0 unspecified atom stereocenters. The van der Waals surface area contributed by atoms with Gasteiger partial charge in [0.05, 0.1) is 23.3 Å². The van der Waals surface area contributed by atoms with Crippen LogP contribution in [0, 0.1) is 0 Å². The Bertz CT molecular complexity index is 728. The molecule has 0 saturated carbocycles. The van der Waals surface area contributed by atoms with E-state index in [0.717, 1.165) is 21.5 Å². The summed E-state index contributed by atoms with van der Waals surface area (Å²) in [5, 5.41) is 8.68. The molecule has 0 aliphatic carbocycles. The van der Waals surface area contributed by atoms with Crippen LogP contribution < -0.4 is 5.73 Å². The Hall–Kier alpha value is -2.08. The monoisotopic (exact) mass is 317 g/mol. The van der Waals surface area contributed by atoms with Gasteiger partial charge in [0.25, 0.3) is 0 Å². The molecule has 0 atom stereocenters. The standard InChI is InChI=1S/C13H12BrN5/c1-18-12(6-7-16-18)13-10(15)8-19(17-13)11-5-3-2-4-9(11)14/h2-8H,15H2,1H3. The summed E-state index contributed by atoms with van der Waals surface area (Å²) in [6, 6.07) is 9.76. The summed E-state index contributed by atoms with van der Waals surface area (Å²) in [7, 11) is 1.87. The molecule has 5 nitrogen and oxygen atoms in total. The number of nitrogen functional groups attached to an aromatic ring is 1. The SMILES string of the molecule is Cn1nccc1-c1nn(-c2ccccc2Br)cc1N. The number of benzene rings is 1. The number of anilines is 1. The van der Waals surface area contributed by atoms with E-state index in [1.54, 1.807) is 15.6 Å². The van der Waals surface area contributed by atoms with Crippen LogP contribution >= 0.6 is 15.9 Å². The van der Waals surface area contributed by atoms with Crippen LogP contribution in [0.5, 0.6) is 0 Å². The van der Waals surface area contributed by atoms with Crippen LogP contribution in [0.4, 0.5) is 5.69 Å². The van der Waals surface area contributed by atoms with Crippen molar-refractivity contribution in [2.45, 2.75) is 0 Å². The van der Waals surface area contributed by atoms with Crippen LogP contribution in [0.25, 0.3) is 17.1 Å². The van der Waals surface area contributed by atoms with Gasteiger partial charge in [-0.05, 0) is 34.1 Å². The Balaban J connectivity index is 2.13. The number of aryl methyl sites for hydroxylation is 1. The minimum Gasteiger partial charge on any atom is -0.396 e. The van der Waals surface area contributed by atoms with Gasteiger partial charge in [-0.2, -0.15) is 10.2 Å². The molecule has 2 aromatic heterocycles. The van der Waals surface area contributed by atoms with Crippen LogP contribution in [0.2, 0.25) is 0 Å². The Kier molecular flexibility index (Phi) is 2.87. The fourth-order valence-corrected chi connectivity index (χ4v) is 2.42. The highest BCUT2D eigenvalue weighted by atomic mass is 79.9. The van der Waals surface area contributed by atoms with Gasteiger partial charge in [0, 0.05) is 17.7 Å². The first-order chi connectivity index (χ1) is 9.16. The molecule has 2 N–H and O–H groups in total. The molecule has 2 heterocycles. The normalized spacial score (nSPS) is 10.8. The molecule has 0 aliphatic heterocycles. The Morgan fingerprint density at radius 1 is 1.21 bits per heavy atom. The van der Waals surface area contributed by atoms with Gasteiger partial charge in [-0.15, -0.1) is 0 Å². The van der Waals surface area contributed by atoms with Gasteiger partial charge < -0.3 is 5.73 Å². The van der Waals surface area contributed by atoms with Gasteiger partial charge in [-0.1, -0.05) is 12.1 Å². The first kappa shape index (κ1) is 12.0. The molecule has 0 radical (unpaired) electrons. The number of nitrogens with zero attached hydrogens (tertiary/aromatic N) is 4. The molecule has 6 heteroatoms. The molecule has 19 heavy (non-hydrogen) atoms. The average Bonchev–Trinajstić information content (AvgIpc) is 2.96. The molecule has 0 amide bonds. The summed E-state index contributed by atoms with van der Waals surface area (Å²) < 4.78 is 4.49. The van der Waals surface area contributed by atoms with Gasteiger partial charge in [0.2, 0.25) is 0 Å². The summed E-state index contributed by atoms with van der Waals surface area (Å²) >= 11 is 3.51. The predicted octanol–water partition coefficient (Wildman–Crippen LogP) is 2.62. The molecule has 0 spiro atoms. The Labute approximate surface area is 118 Å². The quantitative estimate of drug-likeness (QED) is 0.790. The van der Waals surface area contributed by atoms with E-state index in [-0.39, 0.29) is 0 Å². The van der Waals surface area contributed by atoms with Crippen molar-refractivity contribution in [3.8, 4) is 17.1 Å². The Morgan fingerprint density at radius 3 is 2.68 bits per heavy atom. The van der Waals surface area contributed by atoms with E-state index in [1.807, 2.05) is 43.6 Å². The van der Waals surface area contributed by atoms with Crippen LogP contribution in [0.1, 0.15) is 0 Å². The van der Waals surface area contributed by atoms with E-state index < -0.39 is 0 Å². The van der Waals surface area contributed by atoms with Crippen LogP contribution in [0.15, 0.2) is 47.2 Å². The number of nitrogens with two attached hydrogens (primary N) is 1. The fourth-order valence-electron chi connectivity index (χ4n) is 1.95. The molecule has 1 aromatic carbocycles. The van der Waals surface area contributed by atoms with Crippen molar-refractivity contribution < 1.29 is 0 Å². The van der Waals surface area contributed by atoms with Crippen molar-refractivity contribution in [1.82, 2.24) is 19.6 Å². The van der Waals surface area contributed by atoms with E-state index in [0.29, 0.717) is 5.69 Å². The molecule has 96 valence electrons. The fraction of sp³-hybridized carbons (Fsp3) is 0.0769. The van der Waals surface area contributed by atoms with Gasteiger partial charge in [-0.3, -0.25) is 4.68 Å². The van der Waals surface area contributed by atoms with Gasteiger partial charge in [0.1, 0.15) is 5.69 Å². The maximum absolute atomic E-state index is 6.05. The van der Waals surface area contributed by atoms with E-state index in [1.165, 1.54) is 0 Å². The third-order valence-electron chi connectivity index (χ3n) is 2.91. The summed E-state index contributed by atoms with van der Waals surface area (Å²) in [5.41, 5.74) is 9.24. The van der Waals surface area contributed by atoms with Crippen molar-refractivity contribution in [2.24, 2.45) is 7.05 Å². The van der Waals surface area contributed by atoms with Crippen LogP contribution in [0.3, 0.4) is 0 Å². The molecule has 0 aliphatic rings. The molecule has 3 aromatic rings.